The van der Waals surface area contributed by atoms with E-state index in [1.54, 1.807) is 10.9 Å². The van der Waals surface area contributed by atoms with Crippen molar-refractivity contribution in [3.8, 4) is 11.3 Å². The summed E-state index contributed by atoms with van der Waals surface area (Å²) in [5, 5.41) is 4.35. The molecule has 0 spiro atoms. The summed E-state index contributed by atoms with van der Waals surface area (Å²) in [6, 6.07) is 0. The Morgan fingerprint density at radius 3 is 2.87 bits per heavy atom. The van der Waals surface area contributed by atoms with Crippen molar-refractivity contribution < 1.29 is 27.1 Å². The predicted octanol–water partition coefficient (Wildman–Crippen LogP) is 2.68. The zero-order chi connectivity index (χ0) is 16.0. The Kier molecular flexibility index (Phi) is 3.46. The van der Waals surface area contributed by atoms with E-state index in [-0.39, 0.29) is 11.7 Å². The van der Waals surface area contributed by atoms with Gasteiger partial charge in [-0.15, -0.1) is 0 Å². The average Bonchev–Trinajstić information content (AvgIpc) is 3.10. The van der Waals surface area contributed by atoms with Crippen LogP contribution in [0.1, 0.15) is 16.9 Å². The Morgan fingerprint density at radius 2 is 2.13 bits per heavy atom. The number of nitrogens with zero attached hydrogens (tertiary/aromatic N) is 2. The first-order chi connectivity index (χ1) is 11.0. The van der Waals surface area contributed by atoms with Gasteiger partial charge in [-0.3, -0.25) is 4.68 Å². The zero-order valence-corrected chi connectivity index (χ0v) is 12.2. The second kappa shape index (κ2) is 5.38. The number of hydrogen-bond donors (Lipinski definition) is 0. The molecule has 0 radical (unpaired) electrons. The largest absolute Gasteiger partial charge is 0.468 e. The van der Waals surface area contributed by atoms with E-state index in [1.165, 1.54) is 0 Å². The molecule has 124 valence electrons. The number of furan rings is 1. The van der Waals surface area contributed by atoms with Crippen LogP contribution >= 0.6 is 0 Å². The van der Waals surface area contributed by atoms with E-state index >= 15 is 0 Å². The molecule has 2 aromatic rings. The van der Waals surface area contributed by atoms with Crippen molar-refractivity contribution in [2.75, 3.05) is 19.8 Å². The third kappa shape index (κ3) is 2.66. The molecule has 0 saturated carbocycles. The van der Waals surface area contributed by atoms with E-state index in [1.807, 2.05) is 0 Å². The molecule has 5 nitrogen and oxygen atoms in total. The molecular weight excluding hydrogens is 313 g/mol. The molecule has 1 aliphatic heterocycles. The van der Waals surface area contributed by atoms with Gasteiger partial charge >= 0.3 is 6.18 Å². The van der Waals surface area contributed by atoms with Crippen LogP contribution in [0.3, 0.4) is 0 Å². The lowest BCUT2D eigenvalue weighted by molar-refractivity contribution is -0.137. The van der Waals surface area contributed by atoms with Crippen molar-refractivity contribution in [2.45, 2.75) is 31.7 Å². The fourth-order valence-electron chi connectivity index (χ4n) is 3.10. The SMILES string of the molecule is FC(F)(F)c1coc2c1-c1nn(C[C@@H]3COCCO3)cc1CC2. The first-order valence-corrected chi connectivity index (χ1v) is 7.46. The summed E-state index contributed by atoms with van der Waals surface area (Å²) in [5.74, 6) is 0.354. The Morgan fingerprint density at radius 1 is 1.26 bits per heavy atom. The molecule has 1 atom stereocenters. The van der Waals surface area contributed by atoms with Gasteiger partial charge in [0, 0.05) is 12.6 Å². The third-order valence-corrected chi connectivity index (χ3v) is 4.14. The number of aryl methyl sites for hydroxylation is 2. The van der Waals surface area contributed by atoms with Crippen molar-refractivity contribution in [3.63, 3.8) is 0 Å². The quantitative estimate of drug-likeness (QED) is 0.850. The van der Waals surface area contributed by atoms with Crippen LogP contribution < -0.4 is 0 Å². The molecule has 2 aliphatic rings. The van der Waals surface area contributed by atoms with E-state index < -0.39 is 11.7 Å². The van der Waals surface area contributed by atoms with E-state index in [0.29, 0.717) is 50.7 Å². The van der Waals surface area contributed by atoms with Crippen LogP contribution in [0, 0.1) is 0 Å². The Hall–Kier alpha value is -1.80. The monoisotopic (exact) mass is 328 g/mol. The van der Waals surface area contributed by atoms with Crippen LogP contribution in [-0.2, 0) is 35.0 Å². The number of halogens is 3. The molecule has 0 aromatic carbocycles. The van der Waals surface area contributed by atoms with Gasteiger partial charge in [0.2, 0.25) is 0 Å². The van der Waals surface area contributed by atoms with Crippen LogP contribution in [0.2, 0.25) is 0 Å². The fraction of sp³-hybridized carbons (Fsp3) is 0.533. The summed E-state index contributed by atoms with van der Waals surface area (Å²) in [7, 11) is 0. The minimum Gasteiger partial charge on any atom is -0.468 e. The summed E-state index contributed by atoms with van der Waals surface area (Å²) in [6.45, 7) is 2.02. The number of alkyl halides is 3. The molecule has 4 rings (SSSR count). The molecule has 1 saturated heterocycles. The van der Waals surface area contributed by atoms with Gasteiger partial charge in [0.05, 0.1) is 37.6 Å². The summed E-state index contributed by atoms with van der Waals surface area (Å²) in [5.41, 5.74) is 0.499. The summed E-state index contributed by atoms with van der Waals surface area (Å²) >= 11 is 0. The van der Waals surface area contributed by atoms with Gasteiger partial charge in [0.25, 0.3) is 0 Å². The van der Waals surface area contributed by atoms with Gasteiger partial charge in [0.1, 0.15) is 23.7 Å². The number of rotatable bonds is 2. The van der Waals surface area contributed by atoms with Crippen LogP contribution in [0.5, 0.6) is 0 Å². The number of ether oxygens (including phenoxy) is 2. The first kappa shape index (κ1) is 14.8. The van der Waals surface area contributed by atoms with E-state index in [2.05, 4.69) is 5.10 Å². The molecule has 0 N–H and O–H groups in total. The van der Waals surface area contributed by atoms with Crippen molar-refractivity contribution in [1.29, 1.82) is 0 Å². The van der Waals surface area contributed by atoms with Gasteiger partial charge in [-0.1, -0.05) is 0 Å². The minimum absolute atomic E-state index is 0.0818. The molecule has 3 heterocycles. The van der Waals surface area contributed by atoms with Gasteiger partial charge in [-0.2, -0.15) is 18.3 Å². The highest BCUT2D eigenvalue weighted by Crippen LogP contribution is 2.43. The Labute approximate surface area is 130 Å². The van der Waals surface area contributed by atoms with Gasteiger partial charge < -0.3 is 13.9 Å². The minimum atomic E-state index is -4.45. The van der Waals surface area contributed by atoms with E-state index in [4.69, 9.17) is 13.9 Å². The molecule has 0 unspecified atom stereocenters. The molecule has 2 aromatic heterocycles. The van der Waals surface area contributed by atoms with Crippen molar-refractivity contribution in [3.05, 3.63) is 29.3 Å². The molecule has 1 aliphatic carbocycles. The van der Waals surface area contributed by atoms with Crippen molar-refractivity contribution in [1.82, 2.24) is 9.78 Å². The molecular formula is C15H15F3N2O3. The van der Waals surface area contributed by atoms with Gasteiger partial charge in [-0.25, -0.2) is 0 Å². The van der Waals surface area contributed by atoms with Crippen molar-refractivity contribution in [2.24, 2.45) is 0 Å². The second-order valence-electron chi connectivity index (χ2n) is 5.74. The highest BCUT2D eigenvalue weighted by atomic mass is 19.4. The first-order valence-electron chi connectivity index (χ1n) is 7.46. The maximum Gasteiger partial charge on any atom is 0.420 e. The lowest BCUT2D eigenvalue weighted by Crippen LogP contribution is -2.32. The van der Waals surface area contributed by atoms with Gasteiger partial charge in [-0.05, 0) is 12.0 Å². The topological polar surface area (TPSA) is 49.4 Å². The Bertz CT molecular complexity index is 714. The second-order valence-corrected chi connectivity index (χ2v) is 5.74. The van der Waals surface area contributed by atoms with Crippen LogP contribution in [-0.4, -0.2) is 35.7 Å². The molecule has 23 heavy (non-hydrogen) atoms. The highest BCUT2D eigenvalue weighted by Gasteiger charge is 2.40. The maximum atomic E-state index is 13.2. The smallest absolute Gasteiger partial charge is 0.420 e. The third-order valence-electron chi connectivity index (χ3n) is 4.14. The maximum absolute atomic E-state index is 13.2. The average molecular weight is 328 g/mol. The van der Waals surface area contributed by atoms with Crippen LogP contribution in [0.25, 0.3) is 11.3 Å². The summed E-state index contributed by atoms with van der Waals surface area (Å²) in [4.78, 5) is 0. The van der Waals surface area contributed by atoms with Crippen molar-refractivity contribution >= 4 is 0 Å². The molecule has 0 bridgehead atoms. The lowest BCUT2D eigenvalue weighted by atomic mass is 9.94. The number of aromatic nitrogens is 2. The normalized spacial score (nSPS) is 21.1. The number of fused-ring (bicyclic) bond motifs is 3. The van der Waals surface area contributed by atoms with E-state index in [9.17, 15) is 13.2 Å². The Balaban J connectivity index is 1.67. The highest BCUT2D eigenvalue weighted by molar-refractivity contribution is 5.71. The van der Waals surface area contributed by atoms with E-state index in [0.717, 1.165) is 11.8 Å². The predicted molar refractivity (Wildman–Crippen MR) is 72.9 cm³/mol. The summed E-state index contributed by atoms with van der Waals surface area (Å²) in [6.07, 6.45) is -0.922. The summed E-state index contributed by atoms with van der Waals surface area (Å²) < 4.78 is 57.1. The lowest BCUT2D eigenvalue weighted by Gasteiger charge is -2.22. The molecule has 1 fully saturated rings. The molecule has 0 amide bonds. The standard InChI is InChI=1S/C15H15F3N2O3/c16-15(17,18)11-8-23-12-2-1-9-5-20(19-14(9)13(11)12)6-10-7-21-3-4-22-10/h5,8,10H,1-4,6-7H2/t10-/m1/s1. The fourth-order valence-corrected chi connectivity index (χ4v) is 3.10. The van der Waals surface area contributed by atoms with Crippen LogP contribution in [0.4, 0.5) is 13.2 Å². The zero-order valence-electron chi connectivity index (χ0n) is 12.2. The van der Waals surface area contributed by atoms with Gasteiger partial charge in [0.15, 0.2) is 0 Å². The number of hydrogen-bond acceptors (Lipinski definition) is 4. The van der Waals surface area contributed by atoms with Crippen LogP contribution in [0.15, 0.2) is 16.9 Å². The molecule has 8 heteroatoms.